The minimum atomic E-state index is -0.286. The molecule has 1 fully saturated rings. The molecule has 0 spiro atoms. The molecule has 2 rings (SSSR count). The Morgan fingerprint density at radius 1 is 1.57 bits per heavy atom. The van der Waals surface area contributed by atoms with Gasteiger partial charge in [-0.15, -0.1) is 6.58 Å². The molecule has 0 atom stereocenters. The minimum Gasteiger partial charge on any atom is -0.381 e. The van der Waals surface area contributed by atoms with Crippen molar-refractivity contribution in [1.29, 1.82) is 0 Å². The Hall–Kier alpha value is -1.33. The molecule has 0 aromatic carbocycles. The monoisotopic (exact) mass is 310 g/mol. The van der Waals surface area contributed by atoms with Gasteiger partial charge in [-0.25, -0.2) is 4.68 Å². The van der Waals surface area contributed by atoms with Crippen molar-refractivity contribution < 1.29 is 0 Å². The van der Waals surface area contributed by atoms with Gasteiger partial charge in [-0.2, -0.15) is 5.10 Å². The van der Waals surface area contributed by atoms with Gasteiger partial charge >= 0.3 is 0 Å². The molecule has 1 heterocycles. The minimum absolute atomic E-state index is 0.190. The summed E-state index contributed by atoms with van der Waals surface area (Å²) in [6.07, 6.45) is 8.46. The highest BCUT2D eigenvalue weighted by molar-refractivity contribution is 6.32. The molecule has 1 aromatic heterocycles. The summed E-state index contributed by atoms with van der Waals surface area (Å²) in [7, 11) is 2.15. The van der Waals surface area contributed by atoms with Crippen LogP contribution in [0, 0.1) is 0 Å². The molecule has 0 unspecified atom stereocenters. The molecule has 116 valence electrons. The molecule has 1 N–H and O–H groups in total. The molecule has 1 aliphatic carbocycles. The van der Waals surface area contributed by atoms with E-state index in [0.717, 1.165) is 13.1 Å². The van der Waals surface area contributed by atoms with Crippen molar-refractivity contribution in [3.05, 3.63) is 34.2 Å². The average molecular weight is 311 g/mol. The molecule has 1 aliphatic rings. The zero-order chi connectivity index (χ0) is 15.2. The summed E-state index contributed by atoms with van der Waals surface area (Å²) in [5.74, 6) is 0. The van der Waals surface area contributed by atoms with Crippen molar-refractivity contribution in [3.63, 3.8) is 0 Å². The molecule has 21 heavy (non-hydrogen) atoms. The third-order valence-corrected chi connectivity index (χ3v) is 4.38. The number of nitrogens with zero attached hydrogens (tertiary/aromatic N) is 3. The first-order chi connectivity index (χ1) is 10.1. The Labute approximate surface area is 130 Å². The standard InChI is InChI=1S/C15H23ClN4O/c1-3-9-20-15(21)14(16)13(11-18-20)17-8-10-19(2)12-6-4-5-7-12/h3,11-12,17H,1,4-10H2,2H3. The number of hydrogen-bond donors (Lipinski definition) is 1. The lowest BCUT2D eigenvalue weighted by atomic mass is 10.2. The molecule has 0 saturated heterocycles. The number of aromatic nitrogens is 2. The lowest BCUT2D eigenvalue weighted by Gasteiger charge is -2.24. The van der Waals surface area contributed by atoms with Crippen molar-refractivity contribution in [2.45, 2.75) is 38.3 Å². The van der Waals surface area contributed by atoms with E-state index in [-0.39, 0.29) is 10.6 Å². The van der Waals surface area contributed by atoms with Crippen molar-refractivity contribution in [2.75, 3.05) is 25.5 Å². The van der Waals surface area contributed by atoms with E-state index in [0.29, 0.717) is 18.3 Å². The number of anilines is 1. The summed E-state index contributed by atoms with van der Waals surface area (Å²) in [4.78, 5) is 14.3. The van der Waals surface area contributed by atoms with Gasteiger partial charge in [0, 0.05) is 19.1 Å². The fraction of sp³-hybridized carbons (Fsp3) is 0.600. The summed E-state index contributed by atoms with van der Waals surface area (Å²) in [5, 5.41) is 7.47. The second-order valence-corrected chi connectivity index (χ2v) is 5.87. The van der Waals surface area contributed by atoms with E-state index in [4.69, 9.17) is 11.6 Å². The summed E-state index contributed by atoms with van der Waals surface area (Å²) in [5.41, 5.74) is 0.313. The van der Waals surface area contributed by atoms with Gasteiger partial charge in [0.25, 0.3) is 5.56 Å². The van der Waals surface area contributed by atoms with Crippen LogP contribution < -0.4 is 10.9 Å². The predicted octanol–water partition coefficient (Wildman–Crippen LogP) is 2.37. The highest BCUT2D eigenvalue weighted by Crippen LogP contribution is 2.22. The summed E-state index contributed by atoms with van der Waals surface area (Å²) < 4.78 is 1.30. The summed E-state index contributed by atoms with van der Waals surface area (Å²) >= 11 is 6.09. The van der Waals surface area contributed by atoms with E-state index in [1.54, 1.807) is 12.3 Å². The van der Waals surface area contributed by atoms with Crippen LogP contribution >= 0.6 is 11.6 Å². The van der Waals surface area contributed by atoms with Crippen molar-refractivity contribution >= 4 is 17.3 Å². The normalized spacial score (nSPS) is 15.6. The van der Waals surface area contributed by atoms with Crippen LogP contribution in [-0.4, -0.2) is 40.9 Å². The van der Waals surface area contributed by atoms with Gasteiger partial charge in [-0.05, 0) is 19.9 Å². The van der Waals surface area contributed by atoms with Gasteiger partial charge in [0.1, 0.15) is 5.02 Å². The van der Waals surface area contributed by atoms with E-state index in [1.807, 2.05) is 0 Å². The van der Waals surface area contributed by atoms with Gasteiger partial charge in [0.2, 0.25) is 0 Å². The first-order valence-electron chi connectivity index (χ1n) is 7.44. The van der Waals surface area contributed by atoms with E-state index in [2.05, 4.69) is 28.9 Å². The van der Waals surface area contributed by atoms with Crippen molar-refractivity contribution in [3.8, 4) is 0 Å². The van der Waals surface area contributed by atoms with E-state index < -0.39 is 0 Å². The molecule has 0 bridgehead atoms. The first kappa shape index (κ1) is 16.0. The number of allylic oxidation sites excluding steroid dienone is 1. The Kier molecular flexibility index (Phi) is 5.82. The molecule has 0 amide bonds. The van der Waals surface area contributed by atoms with Crippen LogP contribution in [0.25, 0.3) is 0 Å². The maximum absolute atomic E-state index is 12.0. The smallest absolute Gasteiger partial charge is 0.287 e. The molecule has 5 nitrogen and oxygen atoms in total. The second-order valence-electron chi connectivity index (χ2n) is 5.49. The number of rotatable bonds is 7. The molecule has 6 heteroatoms. The van der Waals surface area contributed by atoms with E-state index >= 15 is 0 Å². The number of likely N-dealkylation sites (N-methyl/N-ethyl adjacent to an activating group) is 1. The van der Waals surface area contributed by atoms with Crippen molar-refractivity contribution in [2.24, 2.45) is 0 Å². The first-order valence-corrected chi connectivity index (χ1v) is 7.82. The molecule has 0 aliphatic heterocycles. The van der Waals surface area contributed by atoms with Crippen LogP contribution in [0.4, 0.5) is 5.69 Å². The van der Waals surface area contributed by atoms with Gasteiger partial charge in [0.15, 0.2) is 0 Å². The van der Waals surface area contributed by atoms with Crippen molar-refractivity contribution in [1.82, 2.24) is 14.7 Å². The molecule has 1 saturated carbocycles. The second kappa shape index (κ2) is 7.61. The Morgan fingerprint density at radius 2 is 2.29 bits per heavy atom. The van der Waals surface area contributed by atoms with E-state index in [9.17, 15) is 4.79 Å². The van der Waals surface area contributed by atoms with Gasteiger partial charge < -0.3 is 10.2 Å². The number of hydrogen-bond acceptors (Lipinski definition) is 4. The molecule has 1 aromatic rings. The van der Waals surface area contributed by atoms with Gasteiger partial charge in [0.05, 0.1) is 18.4 Å². The van der Waals surface area contributed by atoms with Crippen LogP contribution in [0.1, 0.15) is 25.7 Å². The summed E-state index contributed by atoms with van der Waals surface area (Å²) in [6, 6.07) is 0.695. The van der Waals surface area contributed by atoms with Crippen LogP contribution in [0.15, 0.2) is 23.6 Å². The van der Waals surface area contributed by atoms with E-state index in [1.165, 1.54) is 30.4 Å². The Balaban J connectivity index is 1.89. The quantitative estimate of drug-likeness (QED) is 0.786. The fourth-order valence-electron chi connectivity index (χ4n) is 2.74. The fourth-order valence-corrected chi connectivity index (χ4v) is 2.95. The Bertz CT molecular complexity index is 537. The van der Waals surface area contributed by atoms with Crippen LogP contribution in [0.5, 0.6) is 0 Å². The van der Waals surface area contributed by atoms with Crippen LogP contribution in [-0.2, 0) is 6.54 Å². The third kappa shape index (κ3) is 4.08. The molecular formula is C15H23ClN4O. The zero-order valence-electron chi connectivity index (χ0n) is 12.5. The highest BCUT2D eigenvalue weighted by Gasteiger charge is 2.19. The average Bonchev–Trinajstić information content (AvgIpc) is 3.00. The van der Waals surface area contributed by atoms with Crippen LogP contribution in [0.3, 0.4) is 0 Å². The molecule has 0 radical (unpaired) electrons. The third-order valence-electron chi connectivity index (χ3n) is 4.01. The Morgan fingerprint density at radius 3 is 2.95 bits per heavy atom. The lowest BCUT2D eigenvalue weighted by molar-refractivity contribution is 0.254. The SMILES string of the molecule is C=CCn1ncc(NCCN(C)C2CCCC2)c(Cl)c1=O. The highest BCUT2D eigenvalue weighted by atomic mass is 35.5. The number of nitrogens with one attached hydrogen (secondary N) is 1. The molecular weight excluding hydrogens is 288 g/mol. The zero-order valence-corrected chi connectivity index (χ0v) is 13.3. The predicted molar refractivity (Wildman–Crippen MR) is 87.1 cm³/mol. The maximum Gasteiger partial charge on any atom is 0.287 e. The van der Waals surface area contributed by atoms with Crippen LogP contribution in [0.2, 0.25) is 5.02 Å². The maximum atomic E-state index is 12.0. The lowest BCUT2D eigenvalue weighted by Crippen LogP contribution is -2.33. The number of halogens is 1. The van der Waals surface area contributed by atoms with Gasteiger partial charge in [-0.1, -0.05) is 30.5 Å². The summed E-state index contributed by atoms with van der Waals surface area (Å²) in [6.45, 7) is 5.63. The topological polar surface area (TPSA) is 50.2 Å². The largest absolute Gasteiger partial charge is 0.381 e. The van der Waals surface area contributed by atoms with Gasteiger partial charge in [-0.3, -0.25) is 4.79 Å².